The molecular formula is C32H60AuClP4+3. The van der Waals surface area contributed by atoms with E-state index >= 15 is 0 Å². The van der Waals surface area contributed by atoms with E-state index in [1.807, 2.05) is 0 Å². The van der Waals surface area contributed by atoms with E-state index in [9.17, 15) is 0 Å². The molecule has 38 heavy (non-hydrogen) atoms. The Balaban J connectivity index is 0. The molecule has 0 aliphatic rings. The molecule has 2 rings (SSSR count). The quantitative estimate of drug-likeness (QED) is 0.286. The minimum atomic E-state index is -0.491. The van der Waals surface area contributed by atoms with Crippen molar-refractivity contribution in [2.45, 2.75) is 104 Å². The average molecular weight is 801 g/mol. The van der Waals surface area contributed by atoms with Crippen LogP contribution in [-0.4, -0.2) is 47.3 Å². The molecule has 0 aliphatic carbocycles. The molecule has 0 bridgehead atoms. The van der Waals surface area contributed by atoms with Crippen LogP contribution in [-0.2, 0) is 22.4 Å². The maximum absolute atomic E-state index is 2.47. The summed E-state index contributed by atoms with van der Waals surface area (Å²) < 4.78 is 0. The predicted molar refractivity (Wildman–Crippen MR) is 187 cm³/mol. The fraction of sp³-hybridized carbons (Fsp3) is 0.625. The van der Waals surface area contributed by atoms with Crippen molar-refractivity contribution < 1.29 is 34.8 Å². The largest absolute Gasteiger partial charge is 1.00 e. The van der Waals surface area contributed by atoms with Crippen LogP contribution >= 0.6 is 31.7 Å². The summed E-state index contributed by atoms with van der Waals surface area (Å²) in [5.74, 6) is 0. The second-order valence-corrected chi connectivity index (χ2v) is 27.7. The Bertz CT molecular complexity index is 807. The first kappa shape index (κ1) is 41.3. The maximum Gasteiger partial charge on any atom is 0.133 e. The van der Waals surface area contributed by atoms with Crippen LogP contribution in [0.3, 0.4) is 0 Å². The van der Waals surface area contributed by atoms with Crippen LogP contribution in [0.15, 0.2) is 48.5 Å². The summed E-state index contributed by atoms with van der Waals surface area (Å²) >= 11 is 0. The summed E-state index contributed by atoms with van der Waals surface area (Å²) in [4.78, 5) is 0. The molecule has 0 aromatic heterocycles. The molecule has 0 heterocycles. The van der Waals surface area contributed by atoms with Gasteiger partial charge in [-0.05, 0) is 107 Å². The second kappa shape index (κ2) is 16.1. The van der Waals surface area contributed by atoms with Crippen LogP contribution in [0.5, 0.6) is 0 Å². The van der Waals surface area contributed by atoms with Crippen molar-refractivity contribution in [3.05, 3.63) is 48.5 Å². The van der Waals surface area contributed by atoms with Crippen LogP contribution < -0.4 is 33.6 Å². The molecule has 4 unspecified atom stereocenters. The van der Waals surface area contributed by atoms with Crippen LogP contribution in [0, 0.1) is 0 Å². The monoisotopic (exact) mass is 800 g/mol. The molecule has 1 radical (unpaired) electrons. The van der Waals surface area contributed by atoms with Gasteiger partial charge in [0.25, 0.3) is 0 Å². The summed E-state index contributed by atoms with van der Waals surface area (Å²) in [5.41, 5.74) is 0. The Morgan fingerprint density at radius 3 is 0.605 bits per heavy atom. The maximum atomic E-state index is 2.47. The van der Waals surface area contributed by atoms with Gasteiger partial charge in [-0.3, -0.25) is 0 Å². The fourth-order valence-corrected chi connectivity index (χ4v) is 12.7. The SMILES string of the molecule is C[PH+](c1ccccc1[PH+](C)C(C)(C)C)C(C)(C)C.C[PH+](c1ccccc1[PH+](C)C(C)(C)C)C(C)(C)C.[Au].[Cl-]. The van der Waals surface area contributed by atoms with E-state index in [-0.39, 0.29) is 34.8 Å². The van der Waals surface area contributed by atoms with Gasteiger partial charge in [0.2, 0.25) is 0 Å². The first-order valence-corrected chi connectivity index (χ1v) is 21.7. The van der Waals surface area contributed by atoms with Gasteiger partial charge in [0.1, 0.15) is 21.2 Å². The van der Waals surface area contributed by atoms with E-state index in [0.717, 1.165) is 0 Å². The first-order valence-electron chi connectivity index (χ1n) is 13.7. The van der Waals surface area contributed by atoms with Gasteiger partial charge < -0.3 is 12.4 Å². The topological polar surface area (TPSA) is 0 Å². The van der Waals surface area contributed by atoms with Crippen molar-refractivity contribution in [2.75, 3.05) is 26.7 Å². The third kappa shape index (κ3) is 12.2. The summed E-state index contributed by atoms with van der Waals surface area (Å²) in [6.45, 7) is 38.5. The second-order valence-electron chi connectivity index (χ2n) is 14.6. The Kier molecular flexibility index (Phi) is 17.6. The molecular weight excluding hydrogens is 741 g/mol. The minimum Gasteiger partial charge on any atom is -1.00 e. The normalized spacial score (nSPS) is 15.6. The summed E-state index contributed by atoms with van der Waals surface area (Å²) in [7, 11) is -1.96. The van der Waals surface area contributed by atoms with E-state index < -0.39 is 31.7 Å². The molecule has 0 nitrogen and oxygen atoms in total. The predicted octanol–water partition coefficient (Wildman–Crippen LogP) is 5.45. The molecule has 0 N–H and O–H groups in total. The van der Waals surface area contributed by atoms with Gasteiger partial charge in [-0.1, -0.05) is 24.3 Å². The zero-order chi connectivity index (χ0) is 28.3. The van der Waals surface area contributed by atoms with Crippen LogP contribution in [0.4, 0.5) is 0 Å². The van der Waals surface area contributed by atoms with Crippen molar-refractivity contribution in [1.29, 1.82) is 0 Å². The van der Waals surface area contributed by atoms with Crippen molar-refractivity contribution in [2.24, 2.45) is 0 Å². The molecule has 0 amide bonds. The van der Waals surface area contributed by atoms with Crippen LogP contribution in [0.1, 0.15) is 83.1 Å². The smallest absolute Gasteiger partial charge is 0.133 e. The van der Waals surface area contributed by atoms with Gasteiger partial charge in [0.15, 0.2) is 0 Å². The summed E-state index contributed by atoms with van der Waals surface area (Å²) in [6, 6.07) is 18.4. The van der Waals surface area contributed by atoms with Gasteiger partial charge >= 0.3 is 0 Å². The number of hydrogen-bond acceptors (Lipinski definition) is 0. The Labute approximate surface area is 265 Å². The van der Waals surface area contributed by atoms with Crippen molar-refractivity contribution in [3.63, 3.8) is 0 Å². The van der Waals surface area contributed by atoms with Crippen LogP contribution in [0.2, 0.25) is 0 Å². The zero-order valence-electron chi connectivity index (χ0n) is 27.3. The molecule has 0 spiro atoms. The fourth-order valence-electron chi connectivity index (χ4n) is 3.89. The number of rotatable bonds is 4. The Hall–Kier alpha value is 1.19. The molecule has 0 aliphatic heterocycles. The van der Waals surface area contributed by atoms with Gasteiger partial charge in [-0.2, -0.15) is 0 Å². The standard InChI is InChI=1S/2C16H28P2.Au.ClH/c2*1-15(2,3)17(7)13-11-9-10-12-14(13)18(8)16(4,5)6;;/h2*9-12H,1-8H3;;1H/p+3. The molecule has 0 saturated carbocycles. The number of benzene rings is 2. The van der Waals surface area contributed by atoms with Gasteiger partial charge in [0, 0.05) is 54.1 Å². The van der Waals surface area contributed by atoms with E-state index in [1.54, 1.807) is 21.2 Å². The molecule has 2 aromatic rings. The van der Waals surface area contributed by atoms with E-state index in [1.165, 1.54) is 0 Å². The molecule has 0 saturated heterocycles. The van der Waals surface area contributed by atoms with Gasteiger partial charge in [-0.15, -0.1) is 0 Å². The molecule has 6 heteroatoms. The number of halogens is 1. The van der Waals surface area contributed by atoms with Gasteiger partial charge in [0.05, 0.1) is 47.3 Å². The Morgan fingerprint density at radius 1 is 0.368 bits per heavy atom. The van der Waals surface area contributed by atoms with Crippen LogP contribution in [0.25, 0.3) is 0 Å². The van der Waals surface area contributed by atoms with E-state index in [2.05, 4.69) is 158 Å². The summed E-state index contributed by atoms with van der Waals surface area (Å²) in [5, 5.41) is 8.40. The third-order valence-electron chi connectivity index (χ3n) is 7.97. The first-order chi connectivity index (χ1) is 16.1. The minimum absolute atomic E-state index is 0. The zero-order valence-corrected chi connectivity index (χ0v) is 34.2. The van der Waals surface area contributed by atoms with Crippen molar-refractivity contribution in [3.8, 4) is 0 Å². The molecule has 223 valence electrons. The molecule has 4 atom stereocenters. The van der Waals surface area contributed by atoms with Crippen molar-refractivity contribution in [1.82, 2.24) is 0 Å². The molecule has 2 aromatic carbocycles. The van der Waals surface area contributed by atoms with Gasteiger partial charge in [-0.25, -0.2) is 0 Å². The van der Waals surface area contributed by atoms with E-state index in [0.29, 0.717) is 20.6 Å². The molecule has 0 fully saturated rings. The Morgan fingerprint density at radius 2 is 0.500 bits per heavy atom. The summed E-state index contributed by atoms with van der Waals surface area (Å²) in [6.07, 6.45) is 0. The third-order valence-corrected chi connectivity index (χ3v) is 22.4. The average Bonchev–Trinajstić information content (AvgIpc) is 2.75. The number of hydrogen-bond donors (Lipinski definition) is 0. The van der Waals surface area contributed by atoms with E-state index in [4.69, 9.17) is 0 Å². The van der Waals surface area contributed by atoms with Crippen molar-refractivity contribution >= 4 is 52.9 Å².